The number of fused-ring (bicyclic) bond motifs is 1. The summed E-state index contributed by atoms with van der Waals surface area (Å²) in [4.78, 5) is 9.34. The smallest absolute Gasteiger partial charge is 0.159 e. The van der Waals surface area contributed by atoms with Gasteiger partial charge in [0.2, 0.25) is 0 Å². The van der Waals surface area contributed by atoms with Crippen molar-refractivity contribution in [3.8, 4) is 0 Å². The van der Waals surface area contributed by atoms with Crippen LogP contribution in [0.4, 0.5) is 0 Å². The van der Waals surface area contributed by atoms with Gasteiger partial charge < -0.3 is 5.32 Å². The molecule has 4 aromatic heterocycles. The van der Waals surface area contributed by atoms with Crippen LogP contribution in [0.2, 0.25) is 0 Å². The number of thiophene rings is 1. The number of pyridine rings is 1. The zero-order valence-corrected chi connectivity index (χ0v) is 16.6. The normalized spacial score (nSPS) is 12.6. The molecule has 1 atom stereocenters. The molecule has 0 saturated carbocycles. The molecule has 1 N–H and O–H groups in total. The fourth-order valence-electron chi connectivity index (χ4n) is 3.28. The molecule has 4 aromatic rings. The highest BCUT2D eigenvalue weighted by molar-refractivity contribution is 7.07. The van der Waals surface area contributed by atoms with Crippen LogP contribution in [-0.2, 0) is 13.0 Å². The first-order chi connectivity index (χ1) is 13.1. The minimum Gasteiger partial charge on any atom is -0.304 e. The van der Waals surface area contributed by atoms with Crippen molar-refractivity contribution in [3.63, 3.8) is 0 Å². The molecule has 1 unspecified atom stereocenters. The number of hydrogen-bond acceptors (Lipinski definition) is 5. The Morgan fingerprint density at radius 1 is 1.15 bits per heavy atom. The zero-order valence-electron chi connectivity index (χ0n) is 15.8. The van der Waals surface area contributed by atoms with Gasteiger partial charge in [-0.25, -0.2) is 9.50 Å². The van der Waals surface area contributed by atoms with E-state index < -0.39 is 0 Å². The first-order valence-electron chi connectivity index (χ1n) is 9.08. The Bertz CT molecular complexity index is 1030. The van der Waals surface area contributed by atoms with E-state index in [-0.39, 0.29) is 6.04 Å². The summed E-state index contributed by atoms with van der Waals surface area (Å²) in [5.74, 6) is 0. The van der Waals surface area contributed by atoms with E-state index in [0.29, 0.717) is 6.54 Å². The molecule has 0 aliphatic heterocycles. The third kappa shape index (κ3) is 3.91. The molecule has 0 bridgehead atoms. The van der Waals surface area contributed by atoms with Gasteiger partial charge in [0.15, 0.2) is 5.65 Å². The van der Waals surface area contributed by atoms with Crippen molar-refractivity contribution in [1.82, 2.24) is 24.9 Å². The van der Waals surface area contributed by atoms with Gasteiger partial charge in [-0.05, 0) is 67.3 Å². The summed E-state index contributed by atoms with van der Waals surface area (Å²) in [5.41, 5.74) is 7.69. The van der Waals surface area contributed by atoms with Gasteiger partial charge >= 0.3 is 0 Å². The van der Waals surface area contributed by atoms with Crippen molar-refractivity contribution in [2.24, 2.45) is 0 Å². The second kappa shape index (κ2) is 7.58. The summed E-state index contributed by atoms with van der Waals surface area (Å²) in [7, 11) is 0. The third-order valence-electron chi connectivity index (χ3n) is 4.70. The number of aryl methyl sites for hydroxylation is 3. The maximum absolute atomic E-state index is 4.68. The average molecular weight is 378 g/mol. The van der Waals surface area contributed by atoms with Gasteiger partial charge in [-0.15, -0.1) is 0 Å². The lowest BCUT2D eigenvalue weighted by molar-refractivity contribution is 0.519. The molecule has 0 spiro atoms. The highest BCUT2D eigenvalue weighted by atomic mass is 32.1. The first-order valence-corrected chi connectivity index (χ1v) is 10.0. The van der Waals surface area contributed by atoms with Crippen LogP contribution in [-0.4, -0.2) is 19.6 Å². The standard InChI is InChI=1S/C21H23N5S/c1-14-4-5-19(22-10-14)20(9-17-6-7-27-13-17)23-11-18-12-24-26-16(3)8-15(2)25-21(18)26/h4-8,10,12-13,20,23H,9,11H2,1-3H3. The second-order valence-electron chi connectivity index (χ2n) is 6.97. The quantitative estimate of drug-likeness (QED) is 0.547. The molecule has 0 radical (unpaired) electrons. The maximum atomic E-state index is 4.68. The summed E-state index contributed by atoms with van der Waals surface area (Å²) in [5, 5.41) is 12.5. The highest BCUT2D eigenvalue weighted by Crippen LogP contribution is 2.20. The van der Waals surface area contributed by atoms with Crippen LogP contribution in [0.3, 0.4) is 0 Å². The first kappa shape index (κ1) is 17.8. The van der Waals surface area contributed by atoms with E-state index in [0.717, 1.165) is 34.7 Å². The summed E-state index contributed by atoms with van der Waals surface area (Å²) in [6, 6.07) is 8.60. The zero-order chi connectivity index (χ0) is 18.8. The Morgan fingerprint density at radius 3 is 2.78 bits per heavy atom. The van der Waals surface area contributed by atoms with Gasteiger partial charge in [-0.3, -0.25) is 4.98 Å². The highest BCUT2D eigenvalue weighted by Gasteiger charge is 2.16. The fourth-order valence-corrected chi connectivity index (χ4v) is 3.97. The molecule has 0 fully saturated rings. The van der Waals surface area contributed by atoms with Gasteiger partial charge in [0.05, 0.1) is 17.9 Å². The molecule has 0 aliphatic carbocycles. The summed E-state index contributed by atoms with van der Waals surface area (Å²) < 4.78 is 1.90. The molecule has 27 heavy (non-hydrogen) atoms. The molecule has 0 saturated heterocycles. The van der Waals surface area contributed by atoms with E-state index >= 15 is 0 Å². The Labute approximate surface area is 163 Å². The van der Waals surface area contributed by atoms with Crippen molar-refractivity contribution >= 4 is 17.0 Å². The lowest BCUT2D eigenvalue weighted by atomic mass is 10.0. The van der Waals surface area contributed by atoms with Crippen LogP contribution >= 0.6 is 11.3 Å². The number of aromatic nitrogens is 4. The van der Waals surface area contributed by atoms with Crippen LogP contribution in [0.15, 0.2) is 47.4 Å². The van der Waals surface area contributed by atoms with Gasteiger partial charge in [-0.2, -0.15) is 16.4 Å². The van der Waals surface area contributed by atoms with E-state index in [1.807, 2.05) is 29.9 Å². The number of nitrogens with zero attached hydrogens (tertiary/aromatic N) is 4. The van der Waals surface area contributed by atoms with Crippen molar-refractivity contribution < 1.29 is 0 Å². The van der Waals surface area contributed by atoms with Crippen molar-refractivity contribution in [2.75, 3.05) is 0 Å². The molecule has 0 amide bonds. The van der Waals surface area contributed by atoms with E-state index in [2.05, 4.69) is 63.2 Å². The molecule has 0 aliphatic rings. The minimum atomic E-state index is 0.140. The van der Waals surface area contributed by atoms with Gasteiger partial charge in [0.1, 0.15) is 0 Å². The summed E-state index contributed by atoms with van der Waals surface area (Å²) in [6.07, 6.45) is 4.75. The Kier molecular flexibility index (Phi) is 5.01. The number of hydrogen-bond donors (Lipinski definition) is 1. The van der Waals surface area contributed by atoms with Crippen LogP contribution in [0.1, 0.15) is 39.8 Å². The van der Waals surface area contributed by atoms with Gasteiger partial charge in [0.25, 0.3) is 0 Å². The Hall–Kier alpha value is -2.57. The van der Waals surface area contributed by atoms with E-state index in [9.17, 15) is 0 Å². The van der Waals surface area contributed by atoms with Crippen molar-refractivity contribution in [3.05, 3.63) is 81.2 Å². The van der Waals surface area contributed by atoms with Crippen molar-refractivity contribution in [2.45, 2.75) is 39.8 Å². The lowest BCUT2D eigenvalue weighted by Gasteiger charge is -2.18. The summed E-state index contributed by atoms with van der Waals surface area (Å²) >= 11 is 1.73. The van der Waals surface area contributed by atoms with Crippen LogP contribution in [0.5, 0.6) is 0 Å². The predicted molar refractivity (Wildman–Crippen MR) is 109 cm³/mol. The molecule has 6 heteroatoms. The Balaban J connectivity index is 1.59. The number of rotatable bonds is 6. The molecule has 4 heterocycles. The molecule has 4 rings (SSSR count). The fraction of sp³-hybridized carbons (Fsp3) is 0.286. The Morgan fingerprint density at radius 2 is 2.04 bits per heavy atom. The molecule has 5 nitrogen and oxygen atoms in total. The van der Waals surface area contributed by atoms with Crippen molar-refractivity contribution in [1.29, 1.82) is 0 Å². The van der Waals surface area contributed by atoms with Gasteiger partial charge in [-0.1, -0.05) is 6.07 Å². The maximum Gasteiger partial charge on any atom is 0.159 e. The van der Waals surface area contributed by atoms with E-state index in [1.165, 1.54) is 11.1 Å². The SMILES string of the molecule is Cc1ccc(C(Cc2ccsc2)NCc2cnn3c(C)cc(C)nc23)nc1. The van der Waals surface area contributed by atoms with Crippen LogP contribution in [0.25, 0.3) is 5.65 Å². The second-order valence-corrected chi connectivity index (χ2v) is 7.75. The third-order valence-corrected chi connectivity index (χ3v) is 5.43. The monoisotopic (exact) mass is 377 g/mol. The van der Waals surface area contributed by atoms with Crippen LogP contribution in [0, 0.1) is 20.8 Å². The van der Waals surface area contributed by atoms with Gasteiger partial charge in [0, 0.05) is 29.7 Å². The number of nitrogens with one attached hydrogen (secondary N) is 1. The predicted octanol–water partition coefficient (Wildman–Crippen LogP) is 4.18. The largest absolute Gasteiger partial charge is 0.304 e. The van der Waals surface area contributed by atoms with E-state index in [4.69, 9.17) is 0 Å². The van der Waals surface area contributed by atoms with Crippen LogP contribution < -0.4 is 5.32 Å². The topological polar surface area (TPSA) is 55.1 Å². The molecule has 0 aromatic carbocycles. The molecular formula is C21H23N5S. The van der Waals surface area contributed by atoms with E-state index in [1.54, 1.807) is 11.3 Å². The summed E-state index contributed by atoms with van der Waals surface area (Å²) in [6.45, 7) is 6.84. The minimum absolute atomic E-state index is 0.140. The lowest BCUT2D eigenvalue weighted by Crippen LogP contribution is -2.24. The molecule has 138 valence electrons. The molecular weight excluding hydrogens is 354 g/mol. The average Bonchev–Trinajstić information content (AvgIpc) is 3.29.